The summed E-state index contributed by atoms with van der Waals surface area (Å²) in [6.45, 7) is 1.70. The number of urea groups is 1. The Labute approximate surface area is 183 Å². The highest BCUT2D eigenvalue weighted by atomic mass is 19.4. The number of halogens is 3. The number of amides is 4. The lowest BCUT2D eigenvalue weighted by Gasteiger charge is -2.33. The van der Waals surface area contributed by atoms with Gasteiger partial charge in [0.1, 0.15) is 24.4 Å². The number of rotatable bonds is 7. The Morgan fingerprint density at radius 1 is 1.25 bits per heavy atom. The van der Waals surface area contributed by atoms with Gasteiger partial charge in [-0.15, -0.1) is 0 Å². The van der Waals surface area contributed by atoms with E-state index in [1.807, 2.05) is 0 Å². The van der Waals surface area contributed by atoms with Gasteiger partial charge in [0, 0.05) is 7.11 Å². The van der Waals surface area contributed by atoms with Crippen LogP contribution in [0.25, 0.3) is 0 Å². The van der Waals surface area contributed by atoms with Crippen molar-refractivity contribution < 1.29 is 37.0 Å². The molecule has 1 aromatic rings. The maximum atomic E-state index is 13.1. The minimum absolute atomic E-state index is 0.0124. The van der Waals surface area contributed by atoms with E-state index in [9.17, 15) is 27.6 Å². The van der Waals surface area contributed by atoms with Gasteiger partial charge < -0.3 is 20.1 Å². The van der Waals surface area contributed by atoms with Crippen LogP contribution in [0, 0.1) is 5.92 Å². The van der Waals surface area contributed by atoms with Crippen LogP contribution in [-0.4, -0.2) is 55.2 Å². The van der Waals surface area contributed by atoms with Crippen molar-refractivity contribution in [2.75, 3.05) is 32.2 Å². The number of hydrogen-bond acceptors (Lipinski definition) is 5. The molecule has 0 unspecified atom stereocenters. The van der Waals surface area contributed by atoms with Crippen molar-refractivity contribution in [3.63, 3.8) is 0 Å². The van der Waals surface area contributed by atoms with Gasteiger partial charge in [-0.25, -0.2) is 4.79 Å². The van der Waals surface area contributed by atoms with Crippen LogP contribution in [0.1, 0.15) is 38.2 Å². The summed E-state index contributed by atoms with van der Waals surface area (Å²) in [7, 11) is 1.44. The summed E-state index contributed by atoms with van der Waals surface area (Å²) in [5.74, 6) is -0.839. The maximum Gasteiger partial charge on any atom is 0.416 e. The largest absolute Gasteiger partial charge is 0.489 e. The molecule has 2 aliphatic rings. The van der Waals surface area contributed by atoms with Gasteiger partial charge in [0.25, 0.3) is 5.91 Å². The van der Waals surface area contributed by atoms with E-state index in [1.54, 1.807) is 0 Å². The highest BCUT2D eigenvalue weighted by molar-refractivity contribution is 6.10. The molecule has 1 spiro atoms. The van der Waals surface area contributed by atoms with Crippen molar-refractivity contribution in [2.45, 2.75) is 44.3 Å². The number of hydrogen-bond donors (Lipinski definition) is 2. The fraction of sp³-hybridized carbons (Fsp3) is 0.571. The van der Waals surface area contributed by atoms with Crippen LogP contribution in [0.5, 0.6) is 5.75 Å². The summed E-state index contributed by atoms with van der Waals surface area (Å²) < 4.78 is 49.6. The van der Waals surface area contributed by atoms with E-state index >= 15 is 0 Å². The van der Waals surface area contributed by atoms with Gasteiger partial charge >= 0.3 is 12.2 Å². The fourth-order valence-corrected chi connectivity index (χ4v) is 3.91. The maximum absolute atomic E-state index is 13.1. The zero-order chi connectivity index (χ0) is 23.5. The number of nitrogens with zero attached hydrogens (tertiary/aromatic N) is 1. The summed E-state index contributed by atoms with van der Waals surface area (Å²) in [6.07, 6.45) is -2.10. The highest BCUT2D eigenvalue weighted by Gasteiger charge is 2.52. The first-order valence-electron chi connectivity index (χ1n) is 10.3. The first kappa shape index (κ1) is 23.8. The van der Waals surface area contributed by atoms with E-state index in [4.69, 9.17) is 9.47 Å². The lowest BCUT2D eigenvalue weighted by molar-refractivity contribution is -0.137. The molecule has 3 rings (SSSR count). The number of carbonyl (C=O) groups is 3. The minimum atomic E-state index is -4.63. The summed E-state index contributed by atoms with van der Waals surface area (Å²) in [6, 6.07) is 2.00. The molecule has 0 aromatic heterocycles. The van der Waals surface area contributed by atoms with Crippen molar-refractivity contribution in [3.05, 3.63) is 23.8 Å². The second-order valence-corrected chi connectivity index (χ2v) is 8.18. The predicted octanol–water partition coefficient (Wildman–Crippen LogP) is 3.17. The number of anilines is 1. The van der Waals surface area contributed by atoms with E-state index < -0.39 is 41.7 Å². The third-order valence-electron chi connectivity index (χ3n) is 5.80. The Balaban J connectivity index is 1.73. The number of nitrogens with one attached hydrogen (secondary N) is 2. The molecule has 11 heteroatoms. The lowest BCUT2D eigenvalue weighted by Crippen LogP contribution is -2.49. The Morgan fingerprint density at radius 3 is 2.56 bits per heavy atom. The van der Waals surface area contributed by atoms with E-state index in [-0.39, 0.29) is 24.7 Å². The van der Waals surface area contributed by atoms with Crippen LogP contribution in [-0.2, 0) is 20.5 Å². The van der Waals surface area contributed by atoms with Gasteiger partial charge in [-0.05, 0) is 49.8 Å². The molecule has 4 amide bonds. The zero-order valence-corrected chi connectivity index (χ0v) is 17.9. The standard InChI is InChI=1S/C21H26F3N3O5/c1-13-5-7-20(8-6-13)18(29)27(19(30)26-20)12-17(28)25-15-11-14(21(22,23)24)3-4-16(15)32-10-9-31-2/h3-4,11,13H,5-10,12H2,1-2H3,(H,25,28)(H,26,30). The van der Waals surface area contributed by atoms with E-state index in [2.05, 4.69) is 17.6 Å². The van der Waals surface area contributed by atoms with Crippen molar-refractivity contribution in [1.82, 2.24) is 10.2 Å². The number of carbonyl (C=O) groups excluding carboxylic acids is 3. The molecule has 1 aliphatic heterocycles. The normalized spacial score (nSPS) is 23.4. The molecule has 8 nitrogen and oxygen atoms in total. The molecule has 1 aromatic carbocycles. The van der Waals surface area contributed by atoms with E-state index in [0.717, 1.165) is 35.9 Å². The van der Waals surface area contributed by atoms with Gasteiger partial charge in [0.15, 0.2) is 0 Å². The molecule has 0 atom stereocenters. The average Bonchev–Trinajstić information content (AvgIpc) is 2.95. The fourth-order valence-electron chi connectivity index (χ4n) is 3.91. The van der Waals surface area contributed by atoms with E-state index in [0.29, 0.717) is 18.8 Å². The Hall–Kier alpha value is -2.82. The van der Waals surface area contributed by atoms with Gasteiger partial charge in [0.05, 0.1) is 17.9 Å². The van der Waals surface area contributed by atoms with Crippen LogP contribution in [0.4, 0.5) is 23.7 Å². The van der Waals surface area contributed by atoms with Crippen LogP contribution >= 0.6 is 0 Å². The number of imide groups is 1. The average molecular weight is 457 g/mol. The molecule has 1 saturated carbocycles. The molecule has 2 N–H and O–H groups in total. The van der Waals surface area contributed by atoms with Crippen molar-refractivity contribution in [1.29, 1.82) is 0 Å². The molecule has 1 aliphatic carbocycles. The van der Waals surface area contributed by atoms with Gasteiger partial charge in [-0.1, -0.05) is 6.92 Å². The minimum Gasteiger partial charge on any atom is -0.489 e. The smallest absolute Gasteiger partial charge is 0.416 e. The van der Waals surface area contributed by atoms with Crippen molar-refractivity contribution >= 4 is 23.5 Å². The summed E-state index contributed by atoms with van der Waals surface area (Å²) >= 11 is 0. The second-order valence-electron chi connectivity index (χ2n) is 8.18. The SMILES string of the molecule is COCCOc1ccc(C(F)(F)F)cc1NC(=O)CN1C(=O)NC2(CCC(C)CC2)C1=O. The summed E-state index contributed by atoms with van der Waals surface area (Å²) in [4.78, 5) is 38.7. The van der Waals surface area contributed by atoms with Crippen LogP contribution < -0.4 is 15.4 Å². The first-order valence-corrected chi connectivity index (χ1v) is 10.3. The topological polar surface area (TPSA) is 97.0 Å². The molecule has 1 saturated heterocycles. The van der Waals surface area contributed by atoms with Gasteiger partial charge in [-0.3, -0.25) is 14.5 Å². The molecular formula is C21H26F3N3O5. The molecule has 1 heterocycles. The number of methoxy groups -OCH3 is 1. The lowest BCUT2D eigenvalue weighted by atomic mass is 9.77. The number of benzene rings is 1. The third-order valence-corrected chi connectivity index (χ3v) is 5.80. The Kier molecular flexibility index (Phi) is 6.97. The van der Waals surface area contributed by atoms with Crippen LogP contribution in [0.2, 0.25) is 0 Å². The van der Waals surface area contributed by atoms with Crippen molar-refractivity contribution in [2.24, 2.45) is 5.92 Å². The monoisotopic (exact) mass is 457 g/mol. The molecule has 176 valence electrons. The molecule has 0 radical (unpaired) electrons. The molecule has 0 bridgehead atoms. The van der Waals surface area contributed by atoms with Crippen molar-refractivity contribution in [3.8, 4) is 5.75 Å². The predicted molar refractivity (Wildman–Crippen MR) is 108 cm³/mol. The number of alkyl halides is 3. The Bertz CT molecular complexity index is 882. The molecular weight excluding hydrogens is 431 g/mol. The van der Waals surface area contributed by atoms with Gasteiger partial charge in [0.2, 0.25) is 5.91 Å². The quantitative estimate of drug-likeness (QED) is 0.484. The van der Waals surface area contributed by atoms with Crippen LogP contribution in [0.3, 0.4) is 0 Å². The molecule has 32 heavy (non-hydrogen) atoms. The first-order chi connectivity index (χ1) is 15.1. The number of ether oxygens (including phenoxy) is 2. The summed E-state index contributed by atoms with van der Waals surface area (Å²) in [5.41, 5.74) is -2.19. The second kappa shape index (κ2) is 9.35. The van der Waals surface area contributed by atoms with Crippen LogP contribution in [0.15, 0.2) is 18.2 Å². The van der Waals surface area contributed by atoms with E-state index in [1.165, 1.54) is 7.11 Å². The molecule has 2 fully saturated rings. The zero-order valence-electron chi connectivity index (χ0n) is 17.9. The Morgan fingerprint density at radius 2 is 1.94 bits per heavy atom. The van der Waals surface area contributed by atoms with Gasteiger partial charge in [-0.2, -0.15) is 13.2 Å². The summed E-state index contributed by atoms with van der Waals surface area (Å²) in [5, 5.41) is 5.04. The highest BCUT2D eigenvalue weighted by Crippen LogP contribution is 2.37. The third kappa shape index (κ3) is 5.14.